The molecule has 0 spiro atoms. The van der Waals surface area contributed by atoms with Gasteiger partial charge in [0.2, 0.25) is 5.91 Å². The Kier molecular flexibility index (Phi) is 6.10. The highest BCUT2D eigenvalue weighted by atomic mass is 16.4. The number of hydrogen-bond donors (Lipinski definition) is 5. The van der Waals surface area contributed by atoms with Gasteiger partial charge >= 0.3 is 13.1 Å². The average Bonchev–Trinajstić information content (AvgIpc) is 2.56. The number of nitrogens with zero attached hydrogens (tertiary/aromatic N) is 1. The second kappa shape index (κ2) is 8.27. The number of aromatic nitrogens is 1. The van der Waals surface area contributed by atoms with E-state index < -0.39 is 30.7 Å². The number of benzene rings is 1. The standard InChI is InChI=1S/C16H17BN2O6/c20-14(7-10-3-2-6-18-9-10)19-13(17(24)25)8-11-4-1-5-12(15(11)21)16(22)23/h1-6,9,13,21,24-25H,7-8H2,(H,19,20)(H,22,23)/t13-/m0/s1. The Morgan fingerprint density at radius 3 is 2.56 bits per heavy atom. The third-order valence-corrected chi connectivity index (χ3v) is 3.58. The molecular formula is C16H17BN2O6. The molecule has 0 saturated heterocycles. The summed E-state index contributed by atoms with van der Waals surface area (Å²) in [6, 6.07) is 7.49. The number of nitrogens with one attached hydrogen (secondary N) is 1. The summed E-state index contributed by atoms with van der Waals surface area (Å²) in [5.41, 5.74) is 0.534. The Morgan fingerprint density at radius 1 is 1.20 bits per heavy atom. The highest BCUT2D eigenvalue weighted by Crippen LogP contribution is 2.24. The minimum Gasteiger partial charge on any atom is -0.507 e. The SMILES string of the molecule is O=C(Cc1cccnc1)N[C@@H](Cc1cccc(C(=O)O)c1O)B(O)O. The van der Waals surface area contributed by atoms with Crippen LogP contribution in [-0.2, 0) is 17.6 Å². The Labute approximate surface area is 143 Å². The molecule has 1 aromatic heterocycles. The topological polar surface area (TPSA) is 140 Å². The minimum atomic E-state index is -1.88. The molecule has 2 rings (SSSR count). The number of amides is 1. The molecule has 0 aliphatic rings. The van der Waals surface area contributed by atoms with E-state index in [1.165, 1.54) is 24.4 Å². The van der Waals surface area contributed by atoms with Crippen molar-refractivity contribution in [1.82, 2.24) is 10.3 Å². The summed E-state index contributed by atoms with van der Waals surface area (Å²) in [4.78, 5) is 27.0. The molecule has 130 valence electrons. The van der Waals surface area contributed by atoms with Crippen LogP contribution in [0.15, 0.2) is 42.7 Å². The first-order valence-electron chi connectivity index (χ1n) is 7.47. The van der Waals surface area contributed by atoms with Crippen molar-refractivity contribution >= 4 is 19.0 Å². The van der Waals surface area contributed by atoms with Gasteiger partial charge in [-0.15, -0.1) is 0 Å². The van der Waals surface area contributed by atoms with Crippen LogP contribution in [0.2, 0.25) is 0 Å². The van der Waals surface area contributed by atoms with Gasteiger partial charge in [-0.1, -0.05) is 18.2 Å². The predicted molar refractivity (Wildman–Crippen MR) is 88.8 cm³/mol. The zero-order chi connectivity index (χ0) is 18.4. The molecule has 5 N–H and O–H groups in total. The van der Waals surface area contributed by atoms with E-state index in [9.17, 15) is 24.7 Å². The number of carboxylic acid groups (broad SMARTS) is 1. The van der Waals surface area contributed by atoms with Crippen LogP contribution in [0.4, 0.5) is 0 Å². The highest BCUT2D eigenvalue weighted by molar-refractivity contribution is 6.43. The number of para-hydroxylation sites is 1. The first kappa shape index (κ1) is 18.4. The number of aromatic carboxylic acids is 1. The second-order valence-corrected chi connectivity index (χ2v) is 5.45. The van der Waals surface area contributed by atoms with Crippen LogP contribution in [0, 0.1) is 0 Å². The fourth-order valence-electron chi connectivity index (χ4n) is 2.34. The summed E-state index contributed by atoms with van der Waals surface area (Å²) in [6.45, 7) is 0. The van der Waals surface area contributed by atoms with Gasteiger partial charge in [0.1, 0.15) is 11.3 Å². The Balaban J connectivity index is 2.10. The van der Waals surface area contributed by atoms with Gasteiger partial charge in [0, 0.05) is 12.4 Å². The molecule has 0 saturated carbocycles. The van der Waals surface area contributed by atoms with Crippen LogP contribution in [0.3, 0.4) is 0 Å². The van der Waals surface area contributed by atoms with Crippen LogP contribution in [0.5, 0.6) is 5.75 Å². The molecule has 9 heteroatoms. The minimum absolute atomic E-state index is 0.00178. The summed E-state index contributed by atoms with van der Waals surface area (Å²) < 4.78 is 0. The van der Waals surface area contributed by atoms with Gasteiger partial charge < -0.3 is 25.6 Å². The van der Waals surface area contributed by atoms with Gasteiger partial charge in [0.15, 0.2) is 0 Å². The molecule has 0 bridgehead atoms. The van der Waals surface area contributed by atoms with E-state index in [0.29, 0.717) is 5.56 Å². The van der Waals surface area contributed by atoms with Crippen molar-refractivity contribution in [2.75, 3.05) is 0 Å². The Morgan fingerprint density at radius 2 is 1.96 bits per heavy atom. The first-order valence-corrected chi connectivity index (χ1v) is 7.47. The number of hydrogen-bond acceptors (Lipinski definition) is 6. The van der Waals surface area contributed by atoms with Crippen LogP contribution in [0.25, 0.3) is 0 Å². The lowest BCUT2D eigenvalue weighted by Gasteiger charge is -2.19. The quantitative estimate of drug-likeness (QED) is 0.437. The molecule has 2 aromatic rings. The molecule has 1 atom stereocenters. The van der Waals surface area contributed by atoms with Crippen molar-refractivity contribution < 1.29 is 29.9 Å². The van der Waals surface area contributed by atoms with Crippen molar-refractivity contribution in [3.63, 3.8) is 0 Å². The fourth-order valence-corrected chi connectivity index (χ4v) is 2.34. The third kappa shape index (κ3) is 5.03. The van der Waals surface area contributed by atoms with Crippen molar-refractivity contribution in [1.29, 1.82) is 0 Å². The average molecular weight is 344 g/mol. The predicted octanol–water partition coefficient (Wildman–Crippen LogP) is -0.233. The Hall–Kier alpha value is -2.91. The maximum Gasteiger partial charge on any atom is 0.475 e. The smallest absolute Gasteiger partial charge is 0.475 e. The number of rotatable bonds is 7. The van der Waals surface area contributed by atoms with Crippen molar-refractivity contribution in [2.45, 2.75) is 18.8 Å². The van der Waals surface area contributed by atoms with Crippen LogP contribution in [-0.4, -0.2) is 50.2 Å². The maximum absolute atomic E-state index is 12.1. The number of aromatic hydroxyl groups is 1. The lowest BCUT2D eigenvalue weighted by atomic mass is 9.75. The molecule has 1 aromatic carbocycles. The van der Waals surface area contributed by atoms with Crippen LogP contribution >= 0.6 is 0 Å². The van der Waals surface area contributed by atoms with Gasteiger partial charge in [0.25, 0.3) is 0 Å². The van der Waals surface area contributed by atoms with Crippen molar-refractivity contribution in [3.8, 4) is 5.75 Å². The molecule has 8 nitrogen and oxygen atoms in total. The second-order valence-electron chi connectivity index (χ2n) is 5.45. The number of carboxylic acids is 1. The van der Waals surface area contributed by atoms with E-state index >= 15 is 0 Å². The van der Waals surface area contributed by atoms with E-state index in [-0.39, 0.29) is 24.0 Å². The molecule has 1 amide bonds. The number of carbonyl (C=O) groups excluding carboxylic acids is 1. The molecule has 1 heterocycles. The molecule has 0 aliphatic carbocycles. The summed E-state index contributed by atoms with van der Waals surface area (Å²) >= 11 is 0. The molecule has 0 aliphatic heterocycles. The summed E-state index contributed by atoms with van der Waals surface area (Å²) in [5.74, 6) is -3.35. The molecule has 0 fully saturated rings. The zero-order valence-electron chi connectivity index (χ0n) is 13.2. The number of phenols is 1. The van der Waals surface area contributed by atoms with E-state index in [0.717, 1.165) is 0 Å². The van der Waals surface area contributed by atoms with Gasteiger partial charge in [-0.05, 0) is 29.7 Å². The van der Waals surface area contributed by atoms with Gasteiger partial charge in [-0.2, -0.15) is 0 Å². The molecule has 0 unspecified atom stereocenters. The van der Waals surface area contributed by atoms with E-state index in [1.807, 2.05) is 0 Å². The number of pyridine rings is 1. The third-order valence-electron chi connectivity index (χ3n) is 3.58. The largest absolute Gasteiger partial charge is 0.507 e. The van der Waals surface area contributed by atoms with E-state index in [1.54, 1.807) is 18.3 Å². The van der Waals surface area contributed by atoms with Gasteiger partial charge in [0.05, 0.1) is 12.4 Å². The van der Waals surface area contributed by atoms with Crippen LogP contribution < -0.4 is 5.32 Å². The summed E-state index contributed by atoms with van der Waals surface area (Å²) in [6.07, 6.45) is 2.94. The Bertz CT molecular complexity index is 754. The van der Waals surface area contributed by atoms with Crippen molar-refractivity contribution in [3.05, 3.63) is 59.4 Å². The normalized spacial score (nSPS) is 11.6. The van der Waals surface area contributed by atoms with Gasteiger partial charge in [-0.25, -0.2) is 4.79 Å². The molecular weight excluding hydrogens is 327 g/mol. The molecule has 25 heavy (non-hydrogen) atoms. The first-order chi connectivity index (χ1) is 11.9. The van der Waals surface area contributed by atoms with E-state index in [2.05, 4.69) is 10.3 Å². The lowest BCUT2D eigenvalue weighted by Crippen LogP contribution is -2.48. The van der Waals surface area contributed by atoms with Gasteiger partial charge in [-0.3, -0.25) is 9.78 Å². The number of carbonyl (C=O) groups is 2. The van der Waals surface area contributed by atoms with Crippen LogP contribution in [0.1, 0.15) is 21.5 Å². The van der Waals surface area contributed by atoms with E-state index in [4.69, 9.17) is 5.11 Å². The molecule has 0 radical (unpaired) electrons. The summed E-state index contributed by atoms with van der Waals surface area (Å²) in [7, 11) is -1.88. The summed E-state index contributed by atoms with van der Waals surface area (Å²) in [5, 5.41) is 40.4. The fraction of sp³-hybridized carbons (Fsp3) is 0.188. The zero-order valence-corrected chi connectivity index (χ0v) is 13.2. The lowest BCUT2D eigenvalue weighted by molar-refractivity contribution is -0.120. The monoisotopic (exact) mass is 344 g/mol. The highest BCUT2D eigenvalue weighted by Gasteiger charge is 2.27. The van der Waals surface area contributed by atoms with Crippen molar-refractivity contribution in [2.24, 2.45) is 0 Å². The maximum atomic E-state index is 12.1.